The molecule has 0 aliphatic carbocycles. The standard InChI is InChI=1S/C27H28N8O3/c1-15-7-12-18-21(27(2,3)25(37)30-26-31-33-35(6)32-26)19-13-14-20(29-23(19)38-22(18)28-15)16-8-10-17(11-9-16)24(36)34(4)5/h7-14,21H,1-6H3,(H,30,32,37)/t21-/m0/s1. The summed E-state index contributed by atoms with van der Waals surface area (Å²) in [6.45, 7) is 5.60. The van der Waals surface area contributed by atoms with Gasteiger partial charge in [0.05, 0.1) is 18.2 Å². The molecule has 0 radical (unpaired) electrons. The lowest BCUT2D eigenvalue weighted by Crippen LogP contribution is -2.38. The number of pyridine rings is 2. The minimum absolute atomic E-state index is 0.0728. The summed E-state index contributed by atoms with van der Waals surface area (Å²) in [5.41, 5.74) is 3.47. The Morgan fingerprint density at radius 2 is 1.63 bits per heavy atom. The molecule has 38 heavy (non-hydrogen) atoms. The number of nitrogens with one attached hydrogen (secondary N) is 1. The zero-order valence-corrected chi connectivity index (χ0v) is 22.1. The zero-order valence-electron chi connectivity index (χ0n) is 22.1. The molecular weight excluding hydrogens is 484 g/mol. The van der Waals surface area contributed by atoms with Crippen molar-refractivity contribution < 1.29 is 14.3 Å². The molecule has 1 aromatic carbocycles. The lowest BCUT2D eigenvalue weighted by Gasteiger charge is -2.37. The number of hydrogen-bond acceptors (Lipinski definition) is 8. The van der Waals surface area contributed by atoms with E-state index in [-0.39, 0.29) is 17.8 Å². The summed E-state index contributed by atoms with van der Waals surface area (Å²) in [6, 6.07) is 14.9. The number of rotatable bonds is 5. The van der Waals surface area contributed by atoms with Crippen LogP contribution in [0.3, 0.4) is 0 Å². The number of fused-ring (bicyclic) bond motifs is 2. The van der Waals surface area contributed by atoms with Gasteiger partial charge in [-0.2, -0.15) is 4.80 Å². The average molecular weight is 513 g/mol. The van der Waals surface area contributed by atoms with E-state index in [9.17, 15) is 9.59 Å². The molecule has 0 bridgehead atoms. The van der Waals surface area contributed by atoms with Gasteiger partial charge in [0.15, 0.2) is 0 Å². The van der Waals surface area contributed by atoms with Crippen LogP contribution in [0.15, 0.2) is 48.5 Å². The molecule has 0 saturated carbocycles. The van der Waals surface area contributed by atoms with Gasteiger partial charge in [-0.25, -0.2) is 9.97 Å². The van der Waals surface area contributed by atoms with E-state index in [2.05, 4.69) is 25.7 Å². The first-order valence-electron chi connectivity index (χ1n) is 12.1. The fourth-order valence-electron chi connectivity index (χ4n) is 4.56. The maximum absolute atomic E-state index is 13.5. The summed E-state index contributed by atoms with van der Waals surface area (Å²) < 4.78 is 6.19. The van der Waals surface area contributed by atoms with Crippen LogP contribution >= 0.6 is 0 Å². The van der Waals surface area contributed by atoms with Crippen LogP contribution in [0.25, 0.3) is 11.3 Å². The first-order chi connectivity index (χ1) is 18.0. The molecule has 4 heterocycles. The van der Waals surface area contributed by atoms with E-state index in [0.29, 0.717) is 23.0 Å². The molecule has 11 heteroatoms. The van der Waals surface area contributed by atoms with Gasteiger partial charge in [-0.05, 0) is 36.4 Å². The molecule has 1 aliphatic heterocycles. The quantitative estimate of drug-likeness (QED) is 0.430. The first kappa shape index (κ1) is 25.0. The molecule has 0 fully saturated rings. The molecule has 4 aromatic rings. The van der Waals surface area contributed by atoms with Crippen molar-refractivity contribution >= 4 is 17.8 Å². The van der Waals surface area contributed by atoms with Crippen LogP contribution in [-0.2, 0) is 11.8 Å². The van der Waals surface area contributed by atoms with E-state index in [1.807, 2.05) is 57.2 Å². The number of carbonyl (C=O) groups excluding carboxylic acids is 2. The van der Waals surface area contributed by atoms with Gasteiger partial charge in [0.25, 0.3) is 11.9 Å². The second-order valence-electron chi connectivity index (χ2n) is 10.0. The molecule has 0 unspecified atom stereocenters. The van der Waals surface area contributed by atoms with Gasteiger partial charge >= 0.3 is 0 Å². The molecule has 3 aromatic heterocycles. The van der Waals surface area contributed by atoms with E-state index in [4.69, 9.17) is 9.72 Å². The lowest BCUT2D eigenvalue weighted by molar-refractivity contribution is -0.124. The smallest absolute Gasteiger partial charge is 0.270 e. The van der Waals surface area contributed by atoms with Crippen LogP contribution in [-0.4, -0.2) is 61.0 Å². The number of amides is 2. The number of carbonyl (C=O) groups is 2. The van der Waals surface area contributed by atoms with E-state index < -0.39 is 11.3 Å². The third kappa shape index (κ3) is 4.47. The minimum Gasteiger partial charge on any atom is -0.420 e. The highest BCUT2D eigenvalue weighted by atomic mass is 16.5. The number of aryl methyl sites for hydroxylation is 2. The monoisotopic (exact) mass is 512 g/mol. The maximum atomic E-state index is 13.5. The van der Waals surface area contributed by atoms with Crippen molar-refractivity contribution in [3.63, 3.8) is 0 Å². The normalized spacial score (nSPS) is 14.2. The molecule has 0 saturated heterocycles. The molecule has 1 N–H and O–H groups in total. The van der Waals surface area contributed by atoms with Gasteiger partial charge < -0.3 is 9.64 Å². The largest absolute Gasteiger partial charge is 0.420 e. The van der Waals surface area contributed by atoms with E-state index in [1.54, 1.807) is 33.3 Å². The predicted molar refractivity (Wildman–Crippen MR) is 140 cm³/mol. The summed E-state index contributed by atoms with van der Waals surface area (Å²) >= 11 is 0. The van der Waals surface area contributed by atoms with Gasteiger partial charge in [-0.3, -0.25) is 14.9 Å². The highest BCUT2D eigenvalue weighted by molar-refractivity contribution is 5.95. The molecule has 194 valence electrons. The van der Waals surface area contributed by atoms with Crippen LogP contribution < -0.4 is 10.1 Å². The van der Waals surface area contributed by atoms with Crippen molar-refractivity contribution in [3.05, 3.63) is 70.9 Å². The van der Waals surface area contributed by atoms with Gasteiger partial charge in [-0.15, -0.1) is 5.10 Å². The molecule has 2 amide bonds. The second-order valence-corrected chi connectivity index (χ2v) is 10.0. The SMILES string of the molecule is Cc1ccc2c(n1)Oc1nc(-c3ccc(C(=O)N(C)C)cc3)ccc1[C@H]2C(C)(C)C(=O)Nc1nnn(C)n1. The van der Waals surface area contributed by atoms with Crippen LogP contribution in [0.5, 0.6) is 11.8 Å². The van der Waals surface area contributed by atoms with Gasteiger partial charge in [0.2, 0.25) is 17.7 Å². The highest BCUT2D eigenvalue weighted by Gasteiger charge is 2.45. The van der Waals surface area contributed by atoms with Crippen molar-refractivity contribution in [1.29, 1.82) is 0 Å². The topological polar surface area (TPSA) is 128 Å². The fraction of sp³-hybridized carbons (Fsp3) is 0.296. The molecular formula is C27H28N8O3. The summed E-state index contributed by atoms with van der Waals surface area (Å²) in [4.78, 5) is 38.0. The van der Waals surface area contributed by atoms with Crippen molar-refractivity contribution in [3.8, 4) is 23.0 Å². The van der Waals surface area contributed by atoms with E-state index in [1.165, 1.54) is 9.70 Å². The van der Waals surface area contributed by atoms with E-state index in [0.717, 1.165) is 22.4 Å². The van der Waals surface area contributed by atoms with Gasteiger partial charge in [0, 0.05) is 48.0 Å². The number of aromatic nitrogens is 6. The van der Waals surface area contributed by atoms with Crippen molar-refractivity contribution in [2.75, 3.05) is 19.4 Å². The third-order valence-corrected chi connectivity index (χ3v) is 6.61. The number of hydrogen-bond donors (Lipinski definition) is 1. The number of benzene rings is 1. The van der Waals surface area contributed by atoms with Gasteiger partial charge in [-0.1, -0.05) is 43.2 Å². The first-order valence-corrected chi connectivity index (χ1v) is 12.1. The summed E-state index contributed by atoms with van der Waals surface area (Å²) in [5, 5.41) is 14.5. The minimum atomic E-state index is -0.958. The Morgan fingerprint density at radius 1 is 0.974 bits per heavy atom. The third-order valence-electron chi connectivity index (χ3n) is 6.61. The Morgan fingerprint density at radius 3 is 2.26 bits per heavy atom. The van der Waals surface area contributed by atoms with Crippen molar-refractivity contribution in [2.24, 2.45) is 12.5 Å². The maximum Gasteiger partial charge on any atom is 0.270 e. The molecule has 1 atom stereocenters. The average Bonchev–Trinajstić information content (AvgIpc) is 3.30. The Bertz CT molecular complexity index is 1540. The fourth-order valence-corrected chi connectivity index (χ4v) is 4.56. The Hall–Kier alpha value is -4.67. The predicted octanol–water partition coefficient (Wildman–Crippen LogP) is 3.58. The van der Waals surface area contributed by atoms with Crippen molar-refractivity contribution in [1.82, 2.24) is 35.1 Å². The number of ether oxygens (including phenoxy) is 1. The van der Waals surface area contributed by atoms with Crippen molar-refractivity contribution in [2.45, 2.75) is 26.7 Å². The molecule has 5 rings (SSSR count). The Balaban J connectivity index is 1.54. The number of anilines is 1. The summed E-state index contributed by atoms with van der Waals surface area (Å²) in [6.07, 6.45) is 0. The molecule has 11 nitrogen and oxygen atoms in total. The Labute approximate surface area is 219 Å². The van der Waals surface area contributed by atoms with Gasteiger partial charge in [0.1, 0.15) is 0 Å². The zero-order chi connectivity index (χ0) is 27.2. The summed E-state index contributed by atoms with van der Waals surface area (Å²) in [7, 11) is 5.06. The van der Waals surface area contributed by atoms with Crippen LogP contribution in [0.4, 0.5) is 5.95 Å². The second kappa shape index (κ2) is 9.33. The van der Waals surface area contributed by atoms with Crippen LogP contribution in [0.2, 0.25) is 0 Å². The Kier molecular flexibility index (Phi) is 6.14. The molecule has 0 spiro atoms. The highest BCUT2D eigenvalue weighted by Crippen LogP contribution is 2.51. The lowest BCUT2D eigenvalue weighted by atomic mass is 9.70. The van der Waals surface area contributed by atoms with Crippen LogP contribution in [0.1, 0.15) is 46.9 Å². The summed E-state index contributed by atoms with van der Waals surface area (Å²) in [5.74, 6) is 0.163. The number of tetrazole rings is 1. The van der Waals surface area contributed by atoms with Crippen LogP contribution in [0, 0.1) is 12.3 Å². The van der Waals surface area contributed by atoms with E-state index >= 15 is 0 Å². The number of nitrogens with zero attached hydrogens (tertiary/aromatic N) is 7. The molecule has 1 aliphatic rings.